The first-order chi connectivity index (χ1) is 13.2. The lowest BCUT2D eigenvalue weighted by molar-refractivity contribution is 0.0762. The molecular weight excluding hydrogens is 334 g/mol. The molecule has 4 heteroatoms. The van der Waals surface area contributed by atoms with Gasteiger partial charge in [-0.3, -0.25) is 14.7 Å². The number of amides is 1. The van der Waals surface area contributed by atoms with Crippen molar-refractivity contribution in [3.63, 3.8) is 0 Å². The van der Waals surface area contributed by atoms with E-state index >= 15 is 0 Å². The number of nitrogens with zero attached hydrogens (tertiary/aromatic N) is 3. The predicted octanol–water partition coefficient (Wildman–Crippen LogP) is 3.83. The van der Waals surface area contributed by atoms with Crippen molar-refractivity contribution in [1.82, 2.24) is 14.8 Å². The fourth-order valence-electron chi connectivity index (χ4n) is 4.60. The Kier molecular flexibility index (Phi) is 5.26. The topological polar surface area (TPSA) is 36.4 Å². The predicted molar refractivity (Wildman–Crippen MR) is 108 cm³/mol. The van der Waals surface area contributed by atoms with Crippen LogP contribution in [0.5, 0.6) is 0 Å². The SMILES string of the molecule is CCC(CC)N1CCc2ccc(CN3Cc4cccnc4C3=O)cc2CC1. The highest BCUT2D eigenvalue weighted by molar-refractivity contribution is 5.96. The third kappa shape index (κ3) is 3.63. The Balaban J connectivity index is 1.47. The standard InChI is InChI=1S/C23H29N3O/c1-3-21(4-2)25-12-9-18-8-7-17(14-19(18)10-13-25)15-26-16-20-6-5-11-24-22(20)23(26)27/h5-8,11,14,21H,3-4,9-10,12-13,15-16H2,1-2H3. The minimum absolute atomic E-state index is 0.0560. The van der Waals surface area contributed by atoms with Gasteiger partial charge in [-0.25, -0.2) is 0 Å². The van der Waals surface area contributed by atoms with Gasteiger partial charge in [-0.1, -0.05) is 38.1 Å². The monoisotopic (exact) mass is 363 g/mol. The largest absolute Gasteiger partial charge is 0.329 e. The maximum atomic E-state index is 12.6. The molecular formula is C23H29N3O. The van der Waals surface area contributed by atoms with E-state index in [4.69, 9.17) is 0 Å². The van der Waals surface area contributed by atoms with Crippen LogP contribution in [0.15, 0.2) is 36.5 Å². The quantitative estimate of drug-likeness (QED) is 0.810. The fourth-order valence-corrected chi connectivity index (χ4v) is 4.60. The van der Waals surface area contributed by atoms with Crippen LogP contribution in [0.1, 0.15) is 59.4 Å². The van der Waals surface area contributed by atoms with Crippen molar-refractivity contribution in [1.29, 1.82) is 0 Å². The highest BCUT2D eigenvalue weighted by atomic mass is 16.2. The van der Waals surface area contributed by atoms with Crippen LogP contribution in [0.3, 0.4) is 0 Å². The summed E-state index contributed by atoms with van der Waals surface area (Å²) in [5, 5.41) is 0. The van der Waals surface area contributed by atoms with Crippen LogP contribution in [-0.4, -0.2) is 39.8 Å². The van der Waals surface area contributed by atoms with Crippen LogP contribution < -0.4 is 0 Å². The Morgan fingerprint density at radius 2 is 1.81 bits per heavy atom. The van der Waals surface area contributed by atoms with Gasteiger partial charge in [0, 0.05) is 44.0 Å². The molecule has 3 heterocycles. The van der Waals surface area contributed by atoms with Crippen molar-refractivity contribution in [2.24, 2.45) is 0 Å². The number of pyridine rings is 1. The van der Waals surface area contributed by atoms with Crippen LogP contribution in [-0.2, 0) is 25.9 Å². The van der Waals surface area contributed by atoms with E-state index in [0.29, 0.717) is 24.8 Å². The first-order valence-electron chi connectivity index (χ1n) is 10.3. The van der Waals surface area contributed by atoms with Gasteiger partial charge in [0.2, 0.25) is 0 Å². The van der Waals surface area contributed by atoms with Gasteiger partial charge < -0.3 is 4.90 Å². The van der Waals surface area contributed by atoms with Crippen molar-refractivity contribution in [3.8, 4) is 0 Å². The van der Waals surface area contributed by atoms with Gasteiger partial charge in [0.05, 0.1) is 0 Å². The number of hydrogen-bond donors (Lipinski definition) is 0. The summed E-state index contributed by atoms with van der Waals surface area (Å²) in [5.74, 6) is 0.0560. The Labute approximate surface area is 162 Å². The zero-order valence-corrected chi connectivity index (χ0v) is 16.4. The summed E-state index contributed by atoms with van der Waals surface area (Å²) in [6, 6.07) is 11.4. The van der Waals surface area contributed by atoms with Crippen LogP contribution in [0.4, 0.5) is 0 Å². The number of aromatic nitrogens is 1. The zero-order chi connectivity index (χ0) is 18.8. The van der Waals surface area contributed by atoms with Crippen molar-refractivity contribution < 1.29 is 4.79 Å². The van der Waals surface area contributed by atoms with E-state index in [2.05, 4.69) is 41.9 Å². The molecule has 0 saturated carbocycles. The van der Waals surface area contributed by atoms with Crippen LogP contribution in [0.25, 0.3) is 0 Å². The van der Waals surface area contributed by atoms with E-state index in [1.165, 1.54) is 29.5 Å². The molecule has 2 aromatic rings. The van der Waals surface area contributed by atoms with E-state index in [1.54, 1.807) is 6.20 Å². The summed E-state index contributed by atoms with van der Waals surface area (Å²) < 4.78 is 0. The Morgan fingerprint density at radius 3 is 2.56 bits per heavy atom. The lowest BCUT2D eigenvalue weighted by Gasteiger charge is -2.28. The van der Waals surface area contributed by atoms with E-state index in [1.807, 2.05) is 17.0 Å². The molecule has 0 saturated heterocycles. The Morgan fingerprint density at radius 1 is 1.04 bits per heavy atom. The van der Waals surface area contributed by atoms with Crippen molar-refractivity contribution in [3.05, 3.63) is 64.5 Å². The molecule has 0 spiro atoms. The van der Waals surface area contributed by atoms with Gasteiger partial charge >= 0.3 is 0 Å². The molecule has 1 amide bonds. The van der Waals surface area contributed by atoms with E-state index in [0.717, 1.165) is 31.5 Å². The van der Waals surface area contributed by atoms with Gasteiger partial charge in [-0.15, -0.1) is 0 Å². The molecule has 4 nitrogen and oxygen atoms in total. The third-order valence-corrected chi connectivity index (χ3v) is 6.18. The lowest BCUT2D eigenvalue weighted by atomic mass is 10.00. The molecule has 2 aliphatic heterocycles. The van der Waals surface area contributed by atoms with E-state index in [9.17, 15) is 4.79 Å². The van der Waals surface area contributed by atoms with Gasteiger partial charge in [-0.2, -0.15) is 0 Å². The van der Waals surface area contributed by atoms with Gasteiger partial charge in [0.15, 0.2) is 0 Å². The Bertz CT molecular complexity index is 828. The second-order valence-corrected chi connectivity index (χ2v) is 7.78. The average Bonchev–Trinajstić information content (AvgIpc) is 2.87. The summed E-state index contributed by atoms with van der Waals surface area (Å²) in [6.45, 7) is 8.22. The minimum Gasteiger partial charge on any atom is -0.329 e. The maximum Gasteiger partial charge on any atom is 0.273 e. The minimum atomic E-state index is 0.0560. The summed E-state index contributed by atoms with van der Waals surface area (Å²) in [7, 11) is 0. The molecule has 142 valence electrons. The number of rotatable bonds is 5. The van der Waals surface area contributed by atoms with Crippen LogP contribution >= 0.6 is 0 Å². The molecule has 1 aromatic carbocycles. The molecule has 0 aliphatic carbocycles. The van der Waals surface area contributed by atoms with Gasteiger partial charge in [0.1, 0.15) is 5.69 Å². The smallest absolute Gasteiger partial charge is 0.273 e. The number of benzene rings is 1. The van der Waals surface area contributed by atoms with Crippen molar-refractivity contribution in [2.75, 3.05) is 13.1 Å². The van der Waals surface area contributed by atoms with E-state index < -0.39 is 0 Å². The van der Waals surface area contributed by atoms with Gasteiger partial charge in [0.25, 0.3) is 5.91 Å². The summed E-state index contributed by atoms with van der Waals surface area (Å²) in [4.78, 5) is 21.4. The maximum absolute atomic E-state index is 12.6. The number of hydrogen-bond acceptors (Lipinski definition) is 3. The second kappa shape index (κ2) is 7.81. The molecule has 27 heavy (non-hydrogen) atoms. The Hall–Kier alpha value is -2.20. The third-order valence-electron chi connectivity index (χ3n) is 6.18. The number of carbonyl (C=O) groups excluding carboxylic acids is 1. The average molecular weight is 364 g/mol. The van der Waals surface area contributed by atoms with Crippen LogP contribution in [0, 0.1) is 0 Å². The molecule has 0 N–H and O–H groups in total. The van der Waals surface area contributed by atoms with Gasteiger partial charge in [-0.05, 0) is 48.4 Å². The molecule has 1 aromatic heterocycles. The molecule has 2 aliphatic rings. The van der Waals surface area contributed by atoms with E-state index in [-0.39, 0.29) is 5.91 Å². The fraction of sp³-hybridized carbons (Fsp3) is 0.478. The summed E-state index contributed by atoms with van der Waals surface area (Å²) in [5.41, 5.74) is 5.82. The summed E-state index contributed by atoms with van der Waals surface area (Å²) in [6.07, 6.45) is 6.39. The lowest BCUT2D eigenvalue weighted by Crippen LogP contribution is -2.36. The first-order valence-corrected chi connectivity index (χ1v) is 10.3. The molecule has 4 rings (SSSR count). The highest BCUT2D eigenvalue weighted by Gasteiger charge is 2.28. The van der Waals surface area contributed by atoms with Crippen LogP contribution in [0.2, 0.25) is 0 Å². The molecule has 0 bridgehead atoms. The normalized spacial score (nSPS) is 17.1. The van der Waals surface area contributed by atoms with Crippen molar-refractivity contribution >= 4 is 5.91 Å². The number of fused-ring (bicyclic) bond motifs is 2. The molecule has 0 unspecified atom stereocenters. The molecule has 0 fully saturated rings. The van der Waals surface area contributed by atoms with Crippen molar-refractivity contribution in [2.45, 2.75) is 58.7 Å². The molecule has 0 radical (unpaired) electrons. The molecule has 0 atom stereocenters. The number of carbonyl (C=O) groups is 1. The summed E-state index contributed by atoms with van der Waals surface area (Å²) >= 11 is 0. The first kappa shape index (κ1) is 18.2. The second-order valence-electron chi connectivity index (χ2n) is 7.78. The zero-order valence-electron chi connectivity index (χ0n) is 16.4. The highest BCUT2D eigenvalue weighted by Crippen LogP contribution is 2.25.